The number of nitrogen functional groups attached to an aromatic ring is 1. The maximum Gasteiger partial charge on any atom is 0.222 e. The summed E-state index contributed by atoms with van der Waals surface area (Å²) in [7, 11) is 1.58. The summed E-state index contributed by atoms with van der Waals surface area (Å²) >= 11 is 7.09. The van der Waals surface area contributed by atoms with Crippen LogP contribution >= 0.6 is 23.4 Å². The topological polar surface area (TPSA) is 105 Å². The van der Waals surface area contributed by atoms with Crippen molar-refractivity contribution >= 4 is 29.3 Å². The highest BCUT2D eigenvalue weighted by Gasteiger charge is 2.15. The van der Waals surface area contributed by atoms with Crippen molar-refractivity contribution in [2.45, 2.75) is 10.2 Å². The van der Waals surface area contributed by atoms with Gasteiger partial charge in [-0.05, 0) is 34.3 Å². The summed E-state index contributed by atoms with van der Waals surface area (Å²) in [4.78, 5) is 7.90. The Kier molecular flexibility index (Phi) is 4.07. The quantitative estimate of drug-likeness (QED) is 0.720. The van der Waals surface area contributed by atoms with Crippen molar-refractivity contribution in [1.82, 2.24) is 30.2 Å². The first kappa shape index (κ1) is 14.5. The molecule has 0 unspecified atom stereocenters. The number of aromatic nitrogens is 6. The molecule has 0 amide bonds. The van der Waals surface area contributed by atoms with E-state index in [-0.39, 0.29) is 11.1 Å². The second kappa shape index (κ2) is 6.16. The van der Waals surface area contributed by atoms with Gasteiger partial charge in [0.1, 0.15) is 21.6 Å². The third kappa shape index (κ3) is 2.95. The van der Waals surface area contributed by atoms with Crippen molar-refractivity contribution in [3.05, 3.63) is 35.5 Å². The molecule has 0 atom stereocenters. The van der Waals surface area contributed by atoms with Gasteiger partial charge in [0.05, 0.1) is 7.11 Å². The number of halogens is 1. The van der Waals surface area contributed by atoms with Crippen LogP contribution in [0.4, 0.5) is 5.95 Å². The second-order valence-electron chi connectivity index (χ2n) is 4.03. The number of tetrazole rings is 1. The predicted molar refractivity (Wildman–Crippen MR) is 81.3 cm³/mol. The summed E-state index contributed by atoms with van der Waals surface area (Å²) in [5, 5.41) is 13.0. The highest BCUT2D eigenvalue weighted by molar-refractivity contribution is 7.99. The van der Waals surface area contributed by atoms with Gasteiger partial charge in [-0.15, -0.1) is 5.10 Å². The van der Waals surface area contributed by atoms with E-state index in [1.165, 1.54) is 11.8 Å². The third-order valence-corrected chi connectivity index (χ3v) is 3.69. The van der Waals surface area contributed by atoms with Crippen LogP contribution in [0.3, 0.4) is 0 Å². The van der Waals surface area contributed by atoms with Gasteiger partial charge in [-0.25, -0.2) is 9.97 Å². The minimum atomic E-state index is 0.0892. The van der Waals surface area contributed by atoms with Gasteiger partial charge in [-0.1, -0.05) is 23.7 Å². The Morgan fingerprint density at radius 3 is 2.86 bits per heavy atom. The summed E-state index contributed by atoms with van der Waals surface area (Å²) in [6.07, 6.45) is 0. The van der Waals surface area contributed by atoms with Crippen molar-refractivity contribution in [3.63, 3.8) is 0 Å². The Bertz CT molecular complexity index is 789. The first-order valence-corrected chi connectivity index (χ1v) is 7.26. The van der Waals surface area contributed by atoms with Gasteiger partial charge < -0.3 is 10.5 Å². The summed E-state index contributed by atoms with van der Waals surface area (Å²) in [6, 6.07) is 8.99. The number of nitrogens with two attached hydrogens (primary N) is 1. The lowest BCUT2D eigenvalue weighted by Crippen LogP contribution is -2.02. The number of anilines is 1. The van der Waals surface area contributed by atoms with E-state index in [0.29, 0.717) is 21.6 Å². The lowest BCUT2D eigenvalue weighted by atomic mass is 10.3. The van der Waals surface area contributed by atoms with Crippen LogP contribution < -0.4 is 10.5 Å². The molecule has 0 aliphatic heterocycles. The molecule has 2 heterocycles. The zero-order valence-electron chi connectivity index (χ0n) is 11.3. The van der Waals surface area contributed by atoms with Crippen molar-refractivity contribution in [1.29, 1.82) is 0 Å². The Hall–Kier alpha value is -2.39. The molecule has 0 saturated heterocycles. The van der Waals surface area contributed by atoms with E-state index in [0.717, 1.165) is 0 Å². The van der Waals surface area contributed by atoms with E-state index in [4.69, 9.17) is 22.1 Å². The molecule has 8 nitrogen and oxygen atoms in total. The van der Waals surface area contributed by atoms with E-state index in [1.807, 2.05) is 24.3 Å². The molecule has 0 aliphatic carbocycles. The van der Waals surface area contributed by atoms with Gasteiger partial charge in [0.25, 0.3) is 0 Å². The first-order valence-electron chi connectivity index (χ1n) is 6.07. The predicted octanol–water partition coefficient (Wildman–Crippen LogP) is 1.85. The molecular formula is C12H10ClN7OS. The van der Waals surface area contributed by atoms with E-state index >= 15 is 0 Å². The molecule has 1 aromatic carbocycles. The Morgan fingerprint density at radius 1 is 1.27 bits per heavy atom. The van der Waals surface area contributed by atoms with Crippen LogP contribution in [0, 0.1) is 0 Å². The van der Waals surface area contributed by atoms with Gasteiger partial charge in [0.2, 0.25) is 11.1 Å². The van der Waals surface area contributed by atoms with Crippen LogP contribution in [0.15, 0.2) is 40.5 Å². The third-order valence-electron chi connectivity index (χ3n) is 2.64. The maximum atomic E-state index is 5.87. The standard InChI is InChI=1S/C12H10ClN7OS/c1-21-8-5-3-2-4-7(8)20-12(17-18-19-20)22-10-6-9(13)15-11(14)16-10/h2-6H,1H3,(H2,14,15,16). The van der Waals surface area contributed by atoms with Crippen LogP contribution in [0.5, 0.6) is 5.75 Å². The van der Waals surface area contributed by atoms with Crippen LogP contribution in [-0.2, 0) is 0 Å². The molecule has 10 heteroatoms. The molecule has 0 spiro atoms. The molecule has 0 bridgehead atoms. The van der Waals surface area contributed by atoms with Crippen molar-refractivity contribution in [2.24, 2.45) is 0 Å². The van der Waals surface area contributed by atoms with Gasteiger partial charge in [0.15, 0.2) is 0 Å². The van der Waals surface area contributed by atoms with Crippen molar-refractivity contribution < 1.29 is 4.74 Å². The fraction of sp³-hybridized carbons (Fsp3) is 0.0833. The monoisotopic (exact) mass is 335 g/mol. The summed E-state index contributed by atoms with van der Waals surface area (Å²) in [6.45, 7) is 0. The van der Waals surface area contributed by atoms with Crippen LogP contribution in [0.25, 0.3) is 5.69 Å². The average Bonchev–Trinajstić information content (AvgIpc) is 2.94. The van der Waals surface area contributed by atoms with Gasteiger partial charge in [-0.3, -0.25) is 0 Å². The van der Waals surface area contributed by atoms with E-state index in [9.17, 15) is 0 Å². The first-order chi connectivity index (χ1) is 10.7. The molecule has 0 saturated carbocycles. The minimum absolute atomic E-state index is 0.0892. The molecule has 3 aromatic rings. The Labute approximate surface area is 134 Å². The Balaban J connectivity index is 1.99. The highest BCUT2D eigenvalue weighted by atomic mass is 35.5. The van der Waals surface area contributed by atoms with Crippen molar-refractivity contribution in [3.8, 4) is 11.4 Å². The Morgan fingerprint density at radius 2 is 2.09 bits per heavy atom. The highest BCUT2D eigenvalue weighted by Crippen LogP contribution is 2.30. The van der Waals surface area contributed by atoms with E-state index in [1.54, 1.807) is 17.9 Å². The summed E-state index contributed by atoms with van der Waals surface area (Å²) in [5.74, 6) is 0.739. The SMILES string of the molecule is COc1ccccc1-n1nnnc1Sc1cc(Cl)nc(N)n1. The fourth-order valence-corrected chi connectivity index (χ4v) is 2.81. The van der Waals surface area contributed by atoms with Crippen LogP contribution in [0.1, 0.15) is 0 Å². The number of para-hydroxylation sites is 2. The van der Waals surface area contributed by atoms with E-state index < -0.39 is 0 Å². The van der Waals surface area contributed by atoms with E-state index in [2.05, 4.69) is 25.5 Å². The molecule has 0 fully saturated rings. The number of hydrogen-bond acceptors (Lipinski definition) is 8. The number of nitrogens with zero attached hydrogens (tertiary/aromatic N) is 6. The van der Waals surface area contributed by atoms with Gasteiger partial charge >= 0.3 is 0 Å². The molecule has 22 heavy (non-hydrogen) atoms. The molecule has 2 N–H and O–H groups in total. The summed E-state index contributed by atoms with van der Waals surface area (Å²) in [5.41, 5.74) is 6.30. The number of hydrogen-bond donors (Lipinski definition) is 1. The minimum Gasteiger partial charge on any atom is -0.494 e. The number of benzene rings is 1. The van der Waals surface area contributed by atoms with Gasteiger partial charge in [-0.2, -0.15) is 4.68 Å². The zero-order chi connectivity index (χ0) is 15.5. The zero-order valence-corrected chi connectivity index (χ0v) is 12.9. The molecule has 2 aromatic heterocycles. The molecular weight excluding hydrogens is 326 g/mol. The number of rotatable bonds is 4. The number of ether oxygens (including phenoxy) is 1. The smallest absolute Gasteiger partial charge is 0.222 e. The fourth-order valence-electron chi connectivity index (χ4n) is 1.76. The normalized spacial score (nSPS) is 10.6. The largest absolute Gasteiger partial charge is 0.494 e. The van der Waals surface area contributed by atoms with Crippen molar-refractivity contribution in [2.75, 3.05) is 12.8 Å². The van der Waals surface area contributed by atoms with Crippen LogP contribution in [-0.4, -0.2) is 37.3 Å². The second-order valence-corrected chi connectivity index (χ2v) is 5.41. The molecule has 112 valence electrons. The molecule has 3 rings (SSSR count). The average molecular weight is 336 g/mol. The number of methoxy groups -OCH3 is 1. The summed E-state index contributed by atoms with van der Waals surface area (Å²) < 4.78 is 6.87. The maximum absolute atomic E-state index is 5.87. The van der Waals surface area contributed by atoms with Crippen LogP contribution in [0.2, 0.25) is 5.15 Å². The molecule has 0 radical (unpaired) electrons. The molecule has 0 aliphatic rings. The lowest BCUT2D eigenvalue weighted by Gasteiger charge is -2.08. The van der Waals surface area contributed by atoms with Gasteiger partial charge in [0, 0.05) is 6.07 Å². The lowest BCUT2D eigenvalue weighted by molar-refractivity contribution is 0.410.